The van der Waals surface area contributed by atoms with E-state index >= 15 is 0 Å². The summed E-state index contributed by atoms with van der Waals surface area (Å²) < 4.78 is 6.67. The van der Waals surface area contributed by atoms with Crippen molar-refractivity contribution in [3.63, 3.8) is 0 Å². The molecule has 6 aromatic carbocycles. The molecule has 53 heavy (non-hydrogen) atoms. The molecule has 0 saturated carbocycles. The monoisotopic (exact) mass is 671 g/mol. The maximum atomic E-state index is 6.67. The Morgan fingerprint density at radius 1 is 0.358 bits per heavy atom. The molecule has 0 atom stereocenters. The van der Waals surface area contributed by atoms with Crippen LogP contribution in [-0.2, 0) is 0 Å². The molecule has 0 aliphatic carbocycles. The fourth-order valence-corrected chi connectivity index (χ4v) is 8.11. The van der Waals surface area contributed by atoms with Gasteiger partial charge in [-0.05, 0) is 34.9 Å². The van der Waals surface area contributed by atoms with Gasteiger partial charge in [-0.3, -0.25) is 0 Å². The molecule has 14 heteroatoms. The zero-order valence-electron chi connectivity index (χ0n) is 32.4. The van der Waals surface area contributed by atoms with Crippen LogP contribution in [-0.4, -0.2) is 93.4 Å². The topological polar surface area (TPSA) is 51.8 Å². The standard InChI is InChI=1S/C39H35B10N3O/c40-26-24(27(41)31(45)34(48)30(26)44)16-9-11-18(12-10-16)38-50-37(17-5-2-1-3-6-17)51-39(52-38)19-13-14-23-22(15-19)20-7-4-8-21(36(20)53-23)25-28(42)32(46)35(49)33(47)29(25)43/h1-15H,40-49H2. The molecular formula is C39H35B10N3O. The number of para-hydroxylation sites is 1. The van der Waals surface area contributed by atoms with E-state index in [1.807, 2.05) is 30.3 Å². The van der Waals surface area contributed by atoms with Crippen molar-refractivity contribution in [3.05, 3.63) is 91.0 Å². The Bertz CT molecular complexity index is 2730. The highest BCUT2D eigenvalue weighted by Gasteiger charge is 2.20. The molecule has 2 heterocycles. The lowest BCUT2D eigenvalue weighted by molar-refractivity contribution is 0.670. The number of benzene rings is 6. The largest absolute Gasteiger partial charge is 0.455 e. The van der Waals surface area contributed by atoms with Gasteiger partial charge in [-0.25, -0.2) is 15.0 Å². The molecule has 0 bridgehead atoms. The summed E-state index contributed by atoms with van der Waals surface area (Å²) in [5.74, 6) is 1.90. The van der Waals surface area contributed by atoms with Gasteiger partial charge in [-0.1, -0.05) is 94.6 Å². The van der Waals surface area contributed by atoms with Crippen LogP contribution in [0.5, 0.6) is 0 Å². The van der Waals surface area contributed by atoms with Crippen molar-refractivity contribution < 1.29 is 4.42 Å². The van der Waals surface area contributed by atoms with Crippen molar-refractivity contribution in [3.8, 4) is 56.4 Å². The van der Waals surface area contributed by atoms with Crippen molar-refractivity contribution in [1.82, 2.24) is 15.0 Å². The third kappa shape index (κ3) is 5.74. The molecule has 0 amide bonds. The molecule has 0 radical (unpaired) electrons. The van der Waals surface area contributed by atoms with Gasteiger partial charge in [0.15, 0.2) is 17.5 Å². The van der Waals surface area contributed by atoms with Gasteiger partial charge in [0.1, 0.15) is 89.6 Å². The quantitative estimate of drug-likeness (QED) is 0.171. The fraction of sp³-hybridized carbons (Fsp3) is 0. The third-order valence-electron chi connectivity index (χ3n) is 12.1. The molecule has 0 unspecified atom stereocenters. The van der Waals surface area contributed by atoms with E-state index in [9.17, 15) is 0 Å². The predicted octanol–water partition coefficient (Wildman–Crippen LogP) is -7.31. The fourth-order valence-electron chi connectivity index (χ4n) is 8.11. The minimum absolute atomic E-state index is 0.623. The Balaban J connectivity index is 1.27. The number of hydrogen-bond acceptors (Lipinski definition) is 4. The second kappa shape index (κ2) is 13.3. The Kier molecular flexibility index (Phi) is 8.76. The summed E-state index contributed by atoms with van der Waals surface area (Å²) in [6, 6.07) is 31.6. The van der Waals surface area contributed by atoms with E-state index < -0.39 is 0 Å². The summed E-state index contributed by atoms with van der Waals surface area (Å²) in [7, 11) is 22.3. The van der Waals surface area contributed by atoms with Crippen LogP contribution in [0.2, 0.25) is 0 Å². The lowest BCUT2D eigenvalue weighted by atomic mass is 9.59. The molecule has 0 spiro atoms. The van der Waals surface area contributed by atoms with Crippen LogP contribution >= 0.6 is 0 Å². The number of fused-ring (bicyclic) bond motifs is 3. The highest BCUT2D eigenvalue weighted by Crippen LogP contribution is 2.37. The third-order valence-corrected chi connectivity index (χ3v) is 12.1. The zero-order valence-corrected chi connectivity index (χ0v) is 32.4. The minimum Gasteiger partial charge on any atom is -0.455 e. The van der Waals surface area contributed by atoms with Gasteiger partial charge in [0.05, 0.1) is 0 Å². The number of furan rings is 1. The number of nitrogens with zero attached hydrogens (tertiary/aromatic N) is 3. The normalized spacial score (nSPS) is 11.4. The summed E-state index contributed by atoms with van der Waals surface area (Å²) in [6.07, 6.45) is 0. The molecule has 0 N–H and O–H groups in total. The molecule has 242 valence electrons. The average molecular weight is 670 g/mol. The van der Waals surface area contributed by atoms with Crippen LogP contribution < -0.4 is 54.6 Å². The SMILES string of the molecule is Bc1c(B)c(B)c(-c2ccc(-c3nc(-c4ccccc4)nc(-c4ccc5oc6c(-c7c(B)c(B)c(B)c(B)c7B)cccc6c5c4)n3)cc2)c(B)c1B. The smallest absolute Gasteiger partial charge is 0.164 e. The summed E-state index contributed by atoms with van der Waals surface area (Å²) >= 11 is 0. The van der Waals surface area contributed by atoms with E-state index in [4.69, 9.17) is 19.4 Å². The van der Waals surface area contributed by atoms with Gasteiger partial charge in [0, 0.05) is 33.0 Å². The summed E-state index contributed by atoms with van der Waals surface area (Å²) in [5.41, 5.74) is 22.8. The van der Waals surface area contributed by atoms with Crippen LogP contribution in [0.15, 0.2) is 95.4 Å². The van der Waals surface area contributed by atoms with E-state index in [0.717, 1.165) is 44.2 Å². The van der Waals surface area contributed by atoms with Crippen molar-refractivity contribution in [1.29, 1.82) is 0 Å². The van der Waals surface area contributed by atoms with Crippen molar-refractivity contribution in [2.45, 2.75) is 0 Å². The van der Waals surface area contributed by atoms with Crippen molar-refractivity contribution in [2.75, 3.05) is 0 Å². The first-order valence-corrected chi connectivity index (χ1v) is 18.5. The molecule has 8 rings (SSSR count). The van der Waals surface area contributed by atoms with Gasteiger partial charge in [0.25, 0.3) is 0 Å². The Labute approximate surface area is 320 Å². The average Bonchev–Trinajstić information content (AvgIpc) is 3.57. The number of rotatable bonds is 5. The van der Waals surface area contributed by atoms with E-state index in [1.165, 1.54) is 71.3 Å². The van der Waals surface area contributed by atoms with Gasteiger partial charge >= 0.3 is 0 Å². The molecule has 0 fully saturated rings. The summed E-state index contributed by atoms with van der Waals surface area (Å²) in [4.78, 5) is 15.2. The van der Waals surface area contributed by atoms with Crippen LogP contribution in [0.25, 0.3) is 78.4 Å². The van der Waals surface area contributed by atoms with Gasteiger partial charge in [-0.2, -0.15) is 0 Å². The highest BCUT2D eigenvalue weighted by molar-refractivity contribution is 6.70. The molecule has 8 aromatic rings. The van der Waals surface area contributed by atoms with E-state index in [0.29, 0.717) is 17.5 Å². The first-order valence-electron chi connectivity index (χ1n) is 18.5. The molecule has 0 aliphatic heterocycles. The van der Waals surface area contributed by atoms with E-state index in [-0.39, 0.29) is 0 Å². The maximum Gasteiger partial charge on any atom is 0.164 e. The highest BCUT2D eigenvalue weighted by atomic mass is 16.3. The Hall–Kier alpha value is -5.22. The van der Waals surface area contributed by atoms with E-state index in [1.54, 1.807) is 0 Å². The Morgan fingerprint density at radius 3 is 1.38 bits per heavy atom. The van der Waals surface area contributed by atoms with Crippen molar-refractivity contribution in [2.24, 2.45) is 0 Å². The number of hydrogen-bond donors (Lipinski definition) is 0. The lowest BCUT2D eigenvalue weighted by Gasteiger charge is -2.20. The second-order valence-corrected chi connectivity index (χ2v) is 14.7. The van der Waals surface area contributed by atoms with Crippen LogP contribution in [0.3, 0.4) is 0 Å². The molecule has 4 nitrogen and oxygen atoms in total. The number of aromatic nitrogens is 3. The Morgan fingerprint density at radius 2 is 0.811 bits per heavy atom. The van der Waals surface area contributed by atoms with Crippen molar-refractivity contribution >= 4 is 155 Å². The molecular weight excluding hydrogens is 635 g/mol. The summed E-state index contributed by atoms with van der Waals surface area (Å²) in [6.45, 7) is 0. The van der Waals surface area contributed by atoms with Gasteiger partial charge < -0.3 is 4.42 Å². The van der Waals surface area contributed by atoms with Gasteiger partial charge in [-0.15, -0.1) is 32.8 Å². The first kappa shape index (κ1) is 34.8. The minimum atomic E-state index is 0.623. The zero-order chi connectivity index (χ0) is 37.3. The van der Waals surface area contributed by atoms with Gasteiger partial charge in [0.2, 0.25) is 0 Å². The van der Waals surface area contributed by atoms with Crippen LogP contribution in [0, 0.1) is 0 Å². The summed E-state index contributed by atoms with van der Waals surface area (Å²) in [5, 5.41) is 2.12. The van der Waals surface area contributed by atoms with Crippen LogP contribution in [0.1, 0.15) is 0 Å². The molecule has 2 aromatic heterocycles. The lowest BCUT2D eigenvalue weighted by Crippen LogP contribution is -2.55. The second-order valence-electron chi connectivity index (χ2n) is 14.7. The first-order chi connectivity index (χ1) is 25.4. The predicted molar refractivity (Wildman–Crippen MR) is 256 cm³/mol. The molecule has 0 aliphatic rings. The molecule has 0 saturated heterocycles. The van der Waals surface area contributed by atoms with E-state index in [2.05, 4.69) is 139 Å². The maximum absolute atomic E-state index is 6.67. The van der Waals surface area contributed by atoms with Crippen LogP contribution in [0.4, 0.5) is 0 Å².